The van der Waals surface area contributed by atoms with Crippen molar-refractivity contribution in [3.63, 3.8) is 0 Å². The van der Waals surface area contributed by atoms with Crippen LogP contribution in [0.4, 0.5) is 0 Å². The molecule has 1 unspecified atom stereocenters. The van der Waals surface area contributed by atoms with Gasteiger partial charge in [0.1, 0.15) is 0 Å². The second-order valence-corrected chi connectivity index (χ2v) is 6.21. The Morgan fingerprint density at radius 2 is 1.84 bits per heavy atom. The number of hydrogen-bond donors (Lipinski definition) is 1. The molecule has 19 heavy (non-hydrogen) atoms. The zero-order valence-corrected chi connectivity index (χ0v) is 13.6. The number of ether oxygens (including phenoxy) is 1. The fourth-order valence-corrected chi connectivity index (χ4v) is 2.50. The normalized spacial score (nSPS) is 13.6. The molecule has 1 atom stereocenters. The molecular weight excluding hydrogens is 281 g/mol. The van der Waals surface area contributed by atoms with Gasteiger partial charge < -0.3 is 10.1 Å². The van der Waals surface area contributed by atoms with Crippen molar-refractivity contribution in [1.29, 1.82) is 0 Å². The Morgan fingerprint density at radius 1 is 1.26 bits per heavy atom. The highest BCUT2D eigenvalue weighted by Gasteiger charge is 2.20. The van der Waals surface area contributed by atoms with Crippen molar-refractivity contribution in [2.24, 2.45) is 0 Å². The Kier molecular flexibility index (Phi) is 6.61. The van der Waals surface area contributed by atoms with Crippen molar-refractivity contribution in [1.82, 2.24) is 5.32 Å². The molecule has 0 spiro atoms. The maximum atomic E-state index is 6.21. The molecule has 1 rings (SSSR count). The Morgan fingerprint density at radius 3 is 2.32 bits per heavy atom. The molecule has 0 radical (unpaired) electrons. The van der Waals surface area contributed by atoms with Crippen molar-refractivity contribution in [2.75, 3.05) is 14.2 Å². The van der Waals surface area contributed by atoms with Gasteiger partial charge in [0.2, 0.25) is 0 Å². The molecule has 0 aliphatic heterocycles. The zero-order valence-electron chi connectivity index (χ0n) is 12.1. The Bertz CT molecular complexity index is 387. The molecule has 0 amide bonds. The van der Waals surface area contributed by atoms with Crippen LogP contribution in [0.5, 0.6) is 0 Å². The highest BCUT2D eigenvalue weighted by molar-refractivity contribution is 6.35. The lowest BCUT2D eigenvalue weighted by atomic mass is 9.95. The molecular formula is C15H23Cl2NO. The summed E-state index contributed by atoms with van der Waals surface area (Å²) in [5.41, 5.74) is 0.916. The summed E-state index contributed by atoms with van der Waals surface area (Å²) in [6, 6.07) is 5.98. The third-order valence-corrected chi connectivity index (χ3v) is 4.28. The monoisotopic (exact) mass is 303 g/mol. The van der Waals surface area contributed by atoms with Gasteiger partial charge in [-0.2, -0.15) is 0 Å². The molecule has 0 fully saturated rings. The maximum absolute atomic E-state index is 6.21. The quantitative estimate of drug-likeness (QED) is 0.809. The number of rotatable bonds is 7. The van der Waals surface area contributed by atoms with Gasteiger partial charge in [-0.1, -0.05) is 29.3 Å². The first kappa shape index (κ1) is 16.8. The van der Waals surface area contributed by atoms with Crippen LogP contribution in [0.15, 0.2) is 18.2 Å². The molecule has 0 bridgehead atoms. The van der Waals surface area contributed by atoms with E-state index >= 15 is 0 Å². The van der Waals surface area contributed by atoms with Crippen LogP contribution in [0, 0.1) is 0 Å². The first-order valence-corrected chi connectivity index (χ1v) is 7.30. The maximum Gasteiger partial charge on any atom is 0.0623 e. The van der Waals surface area contributed by atoms with E-state index in [9.17, 15) is 0 Å². The van der Waals surface area contributed by atoms with Crippen molar-refractivity contribution < 1.29 is 4.74 Å². The van der Waals surface area contributed by atoms with Gasteiger partial charge >= 0.3 is 0 Å². The first-order valence-electron chi connectivity index (χ1n) is 6.55. The number of hydrogen-bond acceptors (Lipinski definition) is 2. The van der Waals surface area contributed by atoms with E-state index in [1.807, 2.05) is 25.2 Å². The van der Waals surface area contributed by atoms with E-state index in [0.29, 0.717) is 6.04 Å². The number of methoxy groups -OCH3 is 1. The Balaban J connectivity index is 2.67. The van der Waals surface area contributed by atoms with Gasteiger partial charge in [-0.05, 0) is 57.9 Å². The first-order chi connectivity index (χ1) is 8.89. The lowest BCUT2D eigenvalue weighted by molar-refractivity contribution is 0.0119. The molecule has 4 heteroatoms. The lowest BCUT2D eigenvalue weighted by Gasteiger charge is -2.26. The smallest absolute Gasteiger partial charge is 0.0623 e. The highest BCUT2D eigenvalue weighted by Crippen LogP contribution is 2.27. The number of nitrogens with one attached hydrogen (secondary N) is 1. The molecule has 1 aromatic carbocycles. The van der Waals surface area contributed by atoms with Gasteiger partial charge in [-0.3, -0.25) is 0 Å². The molecule has 0 saturated carbocycles. The average molecular weight is 304 g/mol. The minimum atomic E-state index is -0.0978. The molecule has 0 aromatic heterocycles. The summed E-state index contributed by atoms with van der Waals surface area (Å²) in [6.07, 6.45) is 2.82. The van der Waals surface area contributed by atoms with Gasteiger partial charge in [0.05, 0.1) is 5.60 Å². The van der Waals surface area contributed by atoms with E-state index in [0.717, 1.165) is 34.9 Å². The topological polar surface area (TPSA) is 21.3 Å². The molecule has 0 saturated heterocycles. The van der Waals surface area contributed by atoms with Crippen LogP contribution in [-0.2, 0) is 11.2 Å². The molecule has 0 aliphatic rings. The second-order valence-electron chi connectivity index (χ2n) is 5.39. The van der Waals surface area contributed by atoms with Crippen LogP contribution >= 0.6 is 23.2 Å². The summed E-state index contributed by atoms with van der Waals surface area (Å²) in [6.45, 7) is 4.20. The largest absolute Gasteiger partial charge is 0.379 e. The molecule has 0 heterocycles. The molecule has 108 valence electrons. The molecule has 1 aromatic rings. The third kappa shape index (κ3) is 5.31. The zero-order chi connectivity index (χ0) is 14.5. The summed E-state index contributed by atoms with van der Waals surface area (Å²) < 4.78 is 5.45. The average Bonchev–Trinajstić information content (AvgIpc) is 2.37. The van der Waals surface area contributed by atoms with Crippen molar-refractivity contribution in [3.05, 3.63) is 33.8 Å². The van der Waals surface area contributed by atoms with E-state index in [1.165, 1.54) is 0 Å². The summed E-state index contributed by atoms with van der Waals surface area (Å²) in [4.78, 5) is 0. The minimum absolute atomic E-state index is 0.0978. The fraction of sp³-hybridized carbons (Fsp3) is 0.600. The Hall–Kier alpha value is -0.280. The molecule has 0 aliphatic carbocycles. The second kappa shape index (κ2) is 7.49. The highest BCUT2D eigenvalue weighted by atomic mass is 35.5. The summed E-state index contributed by atoms with van der Waals surface area (Å²) in [5.74, 6) is 0. The molecule has 2 nitrogen and oxygen atoms in total. The van der Waals surface area contributed by atoms with Gasteiger partial charge in [0, 0.05) is 23.2 Å². The minimum Gasteiger partial charge on any atom is -0.379 e. The summed E-state index contributed by atoms with van der Waals surface area (Å²) >= 11 is 12.4. The van der Waals surface area contributed by atoms with Crippen molar-refractivity contribution >= 4 is 23.2 Å². The fourth-order valence-electron chi connectivity index (χ4n) is 1.95. The number of halogens is 2. The van der Waals surface area contributed by atoms with E-state index in [-0.39, 0.29) is 5.60 Å². The number of likely N-dealkylation sites (N-methyl/N-ethyl adjacent to an activating group) is 1. The van der Waals surface area contributed by atoms with Gasteiger partial charge in [-0.25, -0.2) is 0 Å². The lowest BCUT2D eigenvalue weighted by Crippen LogP contribution is -2.32. The third-order valence-electron chi connectivity index (χ3n) is 3.57. The van der Waals surface area contributed by atoms with Gasteiger partial charge in [0.15, 0.2) is 0 Å². The molecule has 1 N–H and O–H groups in total. The summed E-state index contributed by atoms with van der Waals surface area (Å²) in [5, 5.41) is 4.80. The SMILES string of the molecule is CNC(CCC(C)(C)OC)Cc1c(Cl)cccc1Cl. The van der Waals surface area contributed by atoms with Crippen molar-refractivity contribution in [2.45, 2.75) is 44.8 Å². The Labute approximate surface area is 126 Å². The summed E-state index contributed by atoms with van der Waals surface area (Å²) in [7, 11) is 3.72. The standard InChI is InChI=1S/C15H23Cl2NO/c1-15(2,19-4)9-8-11(18-3)10-12-13(16)6-5-7-14(12)17/h5-7,11,18H,8-10H2,1-4H3. The van der Waals surface area contributed by atoms with Crippen LogP contribution in [0.25, 0.3) is 0 Å². The van der Waals surface area contributed by atoms with E-state index in [1.54, 1.807) is 7.11 Å². The van der Waals surface area contributed by atoms with E-state index < -0.39 is 0 Å². The van der Waals surface area contributed by atoms with Crippen LogP contribution in [0.2, 0.25) is 10.0 Å². The van der Waals surface area contributed by atoms with Crippen LogP contribution in [0.3, 0.4) is 0 Å². The van der Waals surface area contributed by atoms with E-state index in [4.69, 9.17) is 27.9 Å². The van der Waals surface area contributed by atoms with Gasteiger partial charge in [-0.15, -0.1) is 0 Å². The van der Waals surface area contributed by atoms with Crippen LogP contribution in [0.1, 0.15) is 32.3 Å². The predicted molar refractivity (Wildman–Crippen MR) is 83.3 cm³/mol. The number of benzene rings is 1. The van der Waals surface area contributed by atoms with E-state index in [2.05, 4.69) is 19.2 Å². The predicted octanol–water partition coefficient (Wildman–Crippen LogP) is 4.33. The van der Waals surface area contributed by atoms with Gasteiger partial charge in [0.25, 0.3) is 0 Å². The van der Waals surface area contributed by atoms with Crippen LogP contribution < -0.4 is 5.32 Å². The van der Waals surface area contributed by atoms with Crippen molar-refractivity contribution in [3.8, 4) is 0 Å². The van der Waals surface area contributed by atoms with Crippen LogP contribution in [-0.4, -0.2) is 25.8 Å².